The van der Waals surface area contributed by atoms with Crippen molar-refractivity contribution >= 4 is 17.3 Å². The first kappa shape index (κ1) is 15.8. The maximum atomic E-state index is 6.08. The van der Waals surface area contributed by atoms with Crippen molar-refractivity contribution in [1.29, 1.82) is 0 Å². The molecule has 5 nitrogen and oxygen atoms in total. The number of rotatable bonds is 7. The molecule has 0 amide bonds. The Labute approximate surface area is 130 Å². The number of hydrogen-bond donors (Lipinski definition) is 1. The van der Waals surface area contributed by atoms with E-state index in [4.69, 9.17) is 17.3 Å². The number of halogens is 1. The number of tetrazole rings is 1. The molecule has 2 rings (SSSR count). The minimum atomic E-state index is 0.241. The molecule has 0 aliphatic heterocycles. The summed E-state index contributed by atoms with van der Waals surface area (Å²) in [6.45, 7) is 4.34. The van der Waals surface area contributed by atoms with Gasteiger partial charge in [-0.3, -0.25) is 0 Å². The van der Waals surface area contributed by atoms with Gasteiger partial charge < -0.3 is 5.73 Å². The van der Waals surface area contributed by atoms with E-state index in [2.05, 4.69) is 29.4 Å². The number of nitrogens with two attached hydrogens (primary N) is 1. The van der Waals surface area contributed by atoms with Gasteiger partial charge in [0.15, 0.2) is 5.82 Å². The lowest BCUT2D eigenvalue weighted by Gasteiger charge is -2.14. The van der Waals surface area contributed by atoms with Gasteiger partial charge in [-0.05, 0) is 35.9 Å². The van der Waals surface area contributed by atoms with Crippen LogP contribution in [0.3, 0.4) is 0 Å². The average Bonchev–Trinajstić information content (AvgIpc) is 2.95. The minimum absolute atomic E-state index is 0.241. The lowest BCUT2D eigenvalue weighted by molar-refractivity contribution is 0.430. The van der Waals surface area contributed by atoms with Gasteiger partial charge in [0.1, 0.15) is 0 Å². The van der Waals surface area contributed by atoms with Crippen molar-refractivity contribution in [3.8, 4) is 11.4 Å². The molecule has 0 bridgehead atoms. The normalized spacial score (nSPS) is 12.5. The number of nitrogens with zero attached hydrogens (tertiary/aromatic N) is 4. The summed E-state index contributed by atoms with van der Waals surface area (Å²) in [4.78, 5) is 0. The molecule has 0 radical (unpaired) electrons. The van der Waals surface area contributed by atoms with E-state index in [1.54, 1.807) is 6.07 Å². The number of hydrogen-bond acceptors (Lipinski definition) is 4. The molecule has 0 aliphatic rings. The van der Waals surface area contributed by atoms with E-state index in [-0.39, 0.29) is 6.04 Å². The smallest absolute Gasteiger partial charge is 0.184 e. The van der Waals surface area contributed by atoms with Gasteiger partial charge in [-0.15, -0.1) is 5.10 Å². The molecule has 0 spiro atoms. The summed E-state index contributed by atoms with van der Waals surface area (Å²) < 4.78 is 1.84. The highest BCUT2D eigenvalue weighted by atomic mass is 35.5. The lowest BCUT2D eigenvalue weighted by Crippen LogP contribution is -2.10. The van der Waals surface area contributed by atoms with Crippen LogP contribution >= 0.6 is 11.6 Å². The van der Waals surface area contributed by atoms with Crippen LogP contribution in [0.1, 0.15) is 52.0 Å². The van der Waals surface area contributed by atoms with E-state index >= 15 is 0 Å². The molecule has 2 N–H and O–H groups in total. The van der Waals surface area contributed by atoms with Crippen molar-refractivity contribution < 1.29 is 0 Å². The lowest BCUT2D eigenvalue weighted by atomic mass is 10.1. The quantitative estimate of drug-likeness (QED) is 0.617. The van der Waals surface area contributed by atoms with E-state index in [0.717, 1.165) is 12.0 Å². The van der Waals surface area contributed by atoms with Gasteiger partial charge in [-0.2, -0.15) is 0 Å². The zero-order valence-corrected chi connectivity index (χ0v) is 13.3. The highest BCUT2D eigenvalue weighted by Crippen LogP contribution is 2.31. The first-order valence-corrected chi connectivity index (χ1v) is 7.85. The van der Waals surface area contributed by atoms with Crippen LogP contribution in [0.5, 0.6) is 0 Å². The van der Waals surface area contributed by atoms with Crippen molar-refractivity contribution in [3.63, 3.8) is 0 Å². The van der Waals surface area contributed by atoms with Crippen molar-refractivity contribution in [2.75, 3.05) is 5.73 Å². The van der Waals surface area contributed by atoms with Gasteiger partial charge in [-0.25, -0.2) is 4.68 Å². The zero-order valence-electron chi connectivity index (χ0n) is 12.6. The van der Waals surface area contributed by atoms with Crippen LogP contribution in [0.4, 0.5) is 5.69 Å². The van der Waals surface area contributed by atoms with Gasteiger partial charge in [0.2, 0.25) is 0 Å². The summed E-state index contributed by atoms with van der Waals surface area (Å²) in [7, 11) is 0. The Bertz CT molecular complexity index is 581. The second-order valence-electron chi connectivity index (χ2n) is 5.35. The first-order chi connectivity index (χ1) is 10.1. The topological polar surface area (TPSA) is 69.6 Å². The van der Waals surface area contributed by atoms with Gasteiger partial charge in [0.05, 0.1) is 16.8 Å². The summed E-state index contributed by atoms with van der Waals surface area (Å²) in [6, 6.07) is 5.76. The van der Waals surface area contributed by atoms with Gasteiger partial charge >= 0.3 is 0 Å². The molecule has 0 saturated heterocycles. The monoisotopic (exact) mass is 307 g/mol. The van der Waals surface area contributed by atoms with Crippen LogP contribution in [-0.4, -0.2) is 20.2 Å². The standard InChI is InChI=1S/C15H22ClN5/c1-3-4-5-6-8-11(2)21-15(18-19-20-21)12-9-7-10-13(16)14(12)17/h7,9-11H,3-6,8,17H2,1-2H3. The molecule has 0 fully saturated rings. The van der Waals surface area contributed by atoms with E-state index in [9.17, 15) is 0 Å². The average molecular weight is 308 g/mol. The molecule has 21 heavy (non-hydrogen) atoms. The fraction of sp³-hybridized carbons (Fsp3) is 0.533. The fourth-order valence-corrected chi connectivity index (χ4v) is 2.56. The molecule has 1 aromatic heterocycles. The molecule has 1 heterocycles. The Balaban J connectivity index is 2.16. The highest BCUT2D eigenvalue weighted by molar-refractivity contribution is 6.33. The van der Waals surface area contributed by atoms with E-state index in [0.29, 0.717) is 16.5 Å². The molecule has 1 unspecified atom stereocenters. The minimum Gasteiger partial charge on any atom is -0.397 e. The third kappa shape index (κ3) is 3.73. The van der Waals surface area contributed by atoms with Crippen molar-refractivity contribution in [3.05, 3.63) is 23.2 Å². The Kier molecular flexibility index (Phi) is 5.56. The zero-order chi connectivity index (χ0) is 15.2. The van der Waals surface area contributed by atoms with Gasteiger partial charge in [0.25, 0.3) is 0 Å². The predicted molar refractivity (Wildman–Crippen MR) is 86.1 cm³/mol. The van der Waals surface area contributed by atoms with E-state index in [1.165, 1.54) is 25.7 Å². The number of nitrogen functional groups attached to an aromatic ring is 1. The Morgan fingerprint density at radius 1 is 1.29 bits per heavy atom. The van der Waals surface area contributed by atoms with Crippen LogP contribution in [0.2, 0.25) is 5.02 Å². The van der Waals surface area contributed by atoms with Gasteiger partial charge in [-0.1, -0.05) is 50.3 Å². The summed E-state index contributed by atoms with van der Waals surface area (Å²) in [6.07, 6.45) is 6.00. The van der Waals surface area contributed by atoms with Gasteiger partial charge in [0, 0.05) is 5.56 Å². The molecule has 1 atom stereocenters. The van der Waals surface area contributed by atoms with Crippen LogP contribution in [0.15, 0.2) is 18.2 Å². The van der Waals surface area contributed by atoms with E-state index < -0.39 is 0 Å². The first-order valence-electron chi connectivity index (χ1n) is 7.47. The summed E-state index contributed by atoms with van der Waals surface area (Å²) in [5, 5.41) is 12.6. The second-order valence-corrected chi connectivity index (χ2v) is 5.75. The molecule has 1 aromatic carbocycles. The largest absolute Gasteiger partial charge is 0.397 e. The number of anilines is 1. The maximum absolute atomic E-state index is 6.08. The molecule has 2 aromatic rings. The van der Waals surface area contributed by atoms with Crippen molar-refractivity contribution in [2.24, 2.45) is 0 Å². The maximum Gasteiger partial charge on any atom is 0.184 e. The van der Waals surface area contributed by atoms with Crippen LogP contribution < -0.4 is 5.73 Å². The summed E-state index contributed by atoms with van der Waals surface area (Å²) in [5.41, 5.74) is 7.35. The number of aromatic nitrogens is 4. The molecular formula is C15H22ClN5. The third-order valence-electron chi connectivity index (χ3n) is 3.68. The van der Waals surface area contributed by atoms with Crippen LogP contribution in [-0.2, 0) is 0 Å². The molecule has 6 heteroatoms. The highest BCUT2D eigenvalue weighted by Gasteiger charge is 2.17. The number of benzene rings is 1. The molecular weight excluding hydrogens is 286 g/mol. The van der Waals surface area contributed by atoms with Crippen LogP contribution in [0.25, 0.3) is 11.4 Å². The summed E-state index contributed by atoms with van der Waals surface area (Å²) >= 11 is 6.08. The molecule has 114 valence electrons. The SMILES string of the molecule is CCCCCCC(C)n1nnnc1-c1cccc(Cl)c1N. The predicted octanol–water partition coefficient (Wildman–Crippen LogP) is 4.11. The van der Waals surface area contributed by atoms with E-state index in [1.807, 2.05) is 16.8 Å². The Hall–Kier alpha value is -1.62. The van der Waals surface area contributed by atoms with Crippen molar-refractivity contribution in [1.82, 2.24) is 20.2 Å². The molecule has 0 saturated carbocycles. The number of unbranched alkanes of at least 4 members (excludes halogenated alkanes) is 3. The fourth-order valence-electron chi connectivity index (χ4n) is 2.39. The van der Waals surface area contributed by atoms with Crippen molar-refractivity contribution in [2.45, 2.75) is 52.0 Å². The third-order valence-corrected chi connectivity index (χ3v) is 4.01. The van der Waals surface area contributed by atoms with Crippen LogP contribution in [0, 0.1) is 0 Å². The Morgan fingerprint density at radius 3 is 2.86 bits per heavy atom. The summed E-state index contributed by atoms with van der Waals surface area (Å²) in [5.74, 6) is 0.679. The number of para-hydroxylation sites is 1. The second kappa shape index (κ2) is 7.41. The molecule has 0 aliphatic carbocycles. The Morgan fingerprint density at radius 2 is 2.10 bits per heavy atom.